The van der Waals surface area contributed by atoms with Gasteiger partial charge in [-0.25, -0.2) is 0 Å². The number of H-pyrrole nitrogens is 1. The number of rotatable bonds is 3. The molecule has 2 fully saturated rings. The molecule has 2 heterocycles. The molecule has 1 saturated heterocycles. The average Bonchev–Trinajstić information content (AvgIpc) is 3.06. The van der Waals surface area contributed by atoms with Gasteiger partial charge in [0.2, 0.25) is 0 Å². The maximum atomic E-state index is 13.0. The van der Waals surface area contributed by atoms with Crippen LogP contribution in [-0.4, -0.2) is 60.5 Å². The van der Waals surface area contributed by atoms with Crippen LogP contribution < -0.4 is 5.32 Å². The molecule has 0 unspecified atom stereocenters. The van der Waals surface area contributed by atoms with E-state index in [-0.39, 0.29) is 29.9 Å². The topological polar surface area (TPSA) is 74.4 Å². The maximum Gasteiger partial charge on any atom is 0.254 e. The summed E-state index contributed by atoms with van der Waals surface area (Å²) in [6, 6.07) is 0.288. The van der Waals surface area contributed by atoms with Crippen LogP contribution in [0.1, 0.15) is 51.4 Å². The molecule has 1 amide bonds. The van der Waals surface area contributed by atoms with Crippen LogP contribution in [0.4, 0.5) is 0 Å². The summed E-state index contributed by atoms with van der Waals surface area (Å²) in [6.45, 7) is 2.65. The first-order valence-electron chi connectivity index (χ1n) is 8.82. The van der Waals surface area contributed by atoms with Gasteiger partial charge >= 0.3 is 0 Å². The van der Waals surface area contributed by atoms with Gasteiger partial charge in [0.1, 0.15) is 0 Å². The molecule has 4 rings (SSSR count). The van der Waals surface area contributed by atoms with E-state index in [1.165, 1.54) is 0 Å². The molecule has 2 N–H and O–H groups in total. The smallest absolute Gasteiger partial charge is 0.254 e. The van der Waals surface area contributed by atoms with Gasteiger partial charge in [-0.15, -0.1) is 0 Å². The number of fused-ring (bicyclic) bond motifs is 2. The standard InChI is InChI=1S/C18H25N3O3/c1-9-13(14-11(19-9)5-4-6-12(14)22)18(23)20-15-10-7-8-24-17(10)16(15)21(2)3/h10,15-17,19H,4-8H2,1-3H3,(H,20,23)/t10-,15+,16-,17-/m0/s1. The molecule has 0 bridgehead atoms. The third kappa shape index (κ3) is 2.24. The van der Waals surface area contributed by atoms with E-state index in [9.17, 15) is 9.59 Å². The molecule has 6 nitrogen and oxygen atoms in total. The lowest BCUT2D eigenvalue weighted by Crippen LogP contribution is -2.69. The summed E-state index contributed by atoms with van der Waals surface area (Å²) in [5.41, 5.74) is 2.90. The van der Waals surface area contributed by atoms with Gasteiger partial charge in [-0.2, -0.15) is 0 Å². The van der Waals surface area contributed by atoms with Gasteiger partial charge in [-0.05, 0) is 40.3 Å². The first-order valence-corrected chi connectivity index (χ1v) is 8.82. The van der Waals surface area contributed by atoms with Crippen molar-refractivity contribution >= 4 is 11.7 Å². The number of carbonyl (C=O) groups is 2. The highest BCUT2D eigenvalue weighted by molar-refractivity contribution is 6.10. The predicted octanol–water partition coefficient (Wildman–Crippen LogP) is 1.29. The van der Waals surface area contributed by atoms with E-state index in [1.54, 1.807) is 0 Å². The number of ketones is 1. The van der Waals surface area contributed by atoms with Gasteiger partial charge in [-0.3, -0.25) is 9.59 Å². The minimum Gasteiger partial charge on any atom is -0.376 e. The molecule has 1 aliphatic heterocycles. The van der Waals surface area contributed by atoms with E-state index in [0.717, 1.165) is 37.3 Å². The Bertz CT molecular complexity index is 694. The Morgan fingerprint density at radius 3 is 2.88 bits per heavy atom. The molecule has 1 saturated carbocycles. The number of nitrogens with zero attached hydrogens (tertiary/aromatic N) is 1. The maximum absolute atomic E-state index is 13.0. The van der Waals surface area contributed by atoms with Crippen LogP contribution >= 0.6 is 0 Å². The zero-order valence-corrected chi connectivity index (χ0v) is 14.5. The number of aryl methyl sites for hydroxylation is 2. The second-order valence-electron chi connectivity index (χ2n) is 7.50. The molecule has 0 spiro atoms. The van der Waals surface area contributed by atoms with Crippen molar-refractivity contribution in [3.8, 4) is 0 Å². The van der Waals surface area contributed by atoms with E-state index in [4.69, 9.17) is 4.74 Å². The van der Waals surface area contributed by atoms with Gasteiger partial charge < -0.3 is 19.9 Å². The second-order valence-corrected chi connectivity index (χ2v) is 7.50. The zero-order valence-electron chi connectivity index (χ0n) is 14.5. The van der Waals surface area contributed by atoms with Crippen molar-refractivity contribution < 1.29 is 14.3 Å². The molecule has 1 aromatic rings. The fourth-order valence-electron chi connectivity index (χ4n) is 4.73. The lowest BCUT2D eigenvalue weighted by atomic mass is 9.71. The Balaban J connectivity index is 1.59. The quantitative estimate of drug-likeness (QED) is 0.875. The highest BCUT2D eigenvalue weighted by Gasteiger charge is 2.55. The lowest BCUT2D eigenvalue weighted by Gasteiger charge is -2.50. The molecule has 3 aliphatic rings. The SMILES string of the molecule is Cc1[nH]c2c(c1C(=O)N[C@@H]1[C@@H]3CCO[C@@H]3[C@H]1N(C)C)C(=O)CCC2. The minimum absolute atomic E-state index is 0.0867. The molecule has 130 valence electrons. The van der Waals surface area contributed by atoms with Crippen molar-refractivity contribution in [3.05, 3.63) is 22.5 Å². The summed E-state index contributed by atoms with van der Waals surface area (Å²) in [5.74, 6) is 0.347. The van der Waals surface area contributed by atoms with Gasteiger partial charge in [0.05, 0.1) is 29.3 Å². The van der Waals surface area contributed by atoms with Crippen molar-refractivity contribution in [1.82, 2.24) is 15.2 Å². The monoisotopic (exact) mass is 331 g/mol. The number of aromatic nitrogens is 1. The Labute approximate surface area is 141 Å². The minimum atomic E-state index is -0.123. The van der Waals surface area contributed by atoms with E-state index in [0.29, 0.717) is 23.5 Å². The molecule has 6 heteroatoms. The first-order chi connectivity index (χ1) is 11.5. The normalized spacial score (nSPS) is 31.6. The van der Waals surface area contributed by atoms with Crippen molar-refractivity contribution in [1.29, 1.82) is 0 Å². The number of aromatic amines is 1. The van der Waals surface area contributed by atoms with Gasteiger partial charge in [0, 0.05) is 30.3 Å². The predicted molar refractivity (Wildman–Crippen MR) is 89.4 cm³/mol. The van der Waals surface area contributed by atoms with Crippen LogP contribution in [0.3, 0.4) is 0 Å². The summed E-state index contributed by atoms with van der Waals surface area (Å²) in [5, 5.41) is 3.20. The third-order valence-electron chi connectivity index (χ3n) is 5.85. The Kier molecular flexibility index (Phi) is 3.77. The summed E-state index contributed by atoms with van der Waals surface area (Å²) in [6.07, 6.45) is 3.44. The van der Waals surface area contributed by atoms with Gasteiger partial charge in [0.15, 0.2) is 5.78 Å². The number of nitrogens with one attached hydrogen (secondary N) is 2. The number of hydrogen-bond donors (Lipinski definition) is 2. The Hall–Kier alpha value is -1.66. The van der Waals surface area contributed by atoms with Crippen LogP contribution in [-0.2, 0) is 11.2 Å². The van der Waals surface area contributed by atoms with Crippen LogP contribution in [0.25, 0.3) is 0 Å². The third-order valence-corrected chi connectivity index (χ3v) is 5.85. The van der Waals surface area contributed by atoms with Gasteiger partial charge in [0.25, 0.3) is 5.91 Å². The van der Waals surface area contributed by atoms with E-state index in [1.807, 2.05) is 21.0 Å². The van der Waals surface area contributed by atoms with E-state index >= 15 is 0 Å². The molecule has 4 atom stereocenters. The zero-order chi connectivity index (χ0) is 17.0. The number of carbonyl (C=O) groups excluding carboxylic acids is 2. The number of ether oxygens (including phenoxy) is 1. The molecular formula is C18H25N3O3. The summed E-state index contributed by atoms with van der Waals surface area (Å²) in [4.78, 5) is 30.7. The fraction of sp³-hybridized carbons (Fsp3) is 0.667. The fourth-order valence-corrected chi connectivity index (χ4v) is 4.73. The van der Waals surface area contributed by atoms with Crippen molar-refractivity contribution in [2.45, 2.75) is 50.8 Å². The summed E-state index contributed by atoms with van der Waals surface area (Å²) in [7, 11) is 4.04. The summed E-state index contributed by atoms with van der Waals surface area (Å²) >= 11 is 0. The molecule has 0 aromatic carbocycles. The van der Waals surface area contributed by atoms with Crippen molar-refractivity contribution in [3.63, 3.8) is 0 Å². The molecule has 1 aromatic heterocycles. The number of hydrogen-bond acceptors (Lipinski definition) is 4. The average molecular weight is 331 g/mol. The Morgan fingerprint density at radius 2 is 2.12 bits per heavy atom. The largest absolute Gasteiger partial charge is 0.376 e. The highest BCUT2D eigenvalue weighted by Crippen LogP contribution is 2.41. The molecule has 2 aliphatic carbocycles. The van der Waals surface area contributed by atoms with Crippen LogP contribution in [0.5, 0.6) is 0 Å². The van der Waals surface area contributed by atoms with Crippen LogP contribution in [0.2, 0.25) is 0 Å². The molecule has 24 heavy (non-hydrogen) atoms. The van der Waals surface area contributed by atoms with Crippen molar-refractivity contribution in [2.75, 3.05) is 20.7 Å². The molecular weight excluding hydrogens is 306 g/mol. The van der Waals surface area contributed by atoms with Crippen molar-refractivity contribution in [2.24, 2.45) is 5.92 Å². The van der Waals surface area contributed by atoms with E-state index in [2.05, 4.69) is 15.2 Å². The second kappa shape index (κ2) is 5.70. The highest BCUT2D eigenvalue weighted by atomic mass is 16.5. The van der Waals surface area contributed by atoms with Crippen LogP contribution in [0.15, 0.2) is 0 Å². The van der Waals surface area contributed by atoms with Crippen LogP contribution in [0, 0.1) is 12.8 Å². The summed E-state index contributed by atoms with van der Waals surface area (Å²) < 4.78 is 5.81. The Morgan fingerprint density at radius 1 is 1.33 bits per heavy atom. The van der Waals surface area contributed by atoms with E-state index < -0.39 is 0 Å². The lowest BCUT2D eigenvalue weighted by molar-refractivity contribution is -0.0664. The molecule has 0 radical (unpaired) electrons. The number of Topliss-reactive ketones (excluding diaryl/α,β-unsaturated/α-hetero) is 1. The first kappa shape index (κ1) is 15.8. The van der Waals surface area contributed by atoms with Gasteiger partial charge in [-0.1, -0.05) is 0 Å². The number of likely N-dealkylation sites (N-methyl/N-ethyl adjacent to an activating group) is 1. The number of amides is 1.